The van der Waals surface area contributed by atoms with E-state index in [-0.39, 0.29) is 23.8 Å². The van der Waals surface area contributed by atoms with Crippen molar-refractivity contribution in [3.8, 4) is 0 Å². The van der Waals surface area contributed by atoms with E-state index in [0.29, 0.717) is 11.1 Å². The highest BCUT2D eigenvalue weighted by Gasteiger charge is 2.27. The Morgan fingerprint density at radius 3 is 2.38 bits per heavy atom. The molecule has 0 radical (unpaired) electrons. The highest BCUT2D eigenvalue weighted by Crippen LogP contribution is 2.12. The standard InChI is InChI=1S/C20H22N2O4/c1-13(2)17(20(25)26-3)22-19(24)18-15(10-7-11-21-18)12-16(23)14-8-5-4-6-9-14/h4-11,13,17H,12H2,1-3H3,(H,22,24)/t17-/m1/s1. The van der Waals surface area contributed by atoms with Crippen LogP contribution in [0.15, 0.2) is 48.7 Å². The number of ether oxygens (including phenoxy) is 1. The minimum Gasteiger partial charge on any atom is -0.467 e. The minimum absolute atomic E-state index is 0.0468. The van der Waals surface area contributed by atoms with Gasteiger partial charge in [-0.25, -0.2) is 4.79 Å². The number of hydrogen-bond donors (Lipinski definition) is 1. The monoisotopic (exact) mass is 354 g/mol. The van der Waals surface area contributed by atoms with Crippen LogP contribution in [-0.4, -0.2) is 35.8 Å². The van der Waals surface area contributed by atoms with Crippen molar-refractivity contribution in [3.05, 3.63) is 65.5 Å². The van der Waals surface area contributed by atoms with Crippen LogP contribution < -0.4 is 5.32 Å². The molecule has 1 aromatic heterocycles. The van der Waals surface area contributed by atoms with Gasteiger partial charge in [-0.15, -0.1) is 0 Å². The lowest BCUT2D eigenvalue weighted by Crippen LogP contribution is -2.45. The molecule has 0 aliphatic heterocycles. The Morgan fingerprint density at radius 2 is 1.77 bits per heavy atom. The molecular weight excluding hydrogens is 332 g/mol. The maximum atomic E-state index is 12.6. The molecule has 0 aliphatic rings. The summed E-state index contributed by atoms with van der Waals surface area (Å²) in [5.74, 6) is -1.29. The molecule has 1 N–H and O–H groups in total. The van der Waals surface area contributed by atoms with Crippen LogP contribution in [0.4, 0.5) is 0 Å². The number of carbonyl (C=O) groups excluding carboxylic acids is 3. The largest absolute Gasteiger partial charge is 0.467 e. The first-order valence-corrected chi connectivity index (χ1v) is 8.35. The van der Waals surface area contributed by atoms with Crippen LogP contribution in [-0.2, 0) is 16.0 Å². The van der Waals surface area contributed by atoms with Gasteiger partial charge in [0.15, 0.2) is 5.78 Å². The number of hydrogen-bond acceptors (Lipinski definition) is 5. The van der Waals surface area contributed by atoms with Crippen LogP contribution >= 0.6 is 0 Å². The summed E-state index contributed by atoms with van der Waals surface area (Å²) in [7, 11) is 1.27. The van der Waals surface area contributed by atoms with Crippen molar-refractivity contribution in [2.45, 2.75) is 26.3 Å². The van der Waals surface area contributed by atoms with Gasteiger partial charge in [-0.3, -0.25) is 14.6 Å². The highest BCUT2D eigenvalue weighted by molar-refractivity contribution is 6.01. The van der Waals surface area contributed by atoms with E-state index < -0.39 is 17.9 Å². The van der Waals surface area contributed by atoms with Gasteiger partial charge in [0.1, 0.15) is 11.7 Å². The summed E-state index contributed by atoms with van der Waals surface area (Å²) in [6.07, 6.45) is 1.53. The molecule has 6 nitrogen and oxygen atoms in total. The molecule has 0 aliphatic carbocycles. The Kier molecular flexibility index (Phi) is 6.60. The zero-order valence-corrected chi connectivity index (χ0v) is 15.1. The maximum Gasteiger partial charge on any atom is 0.328 e. The van der Waals surface area contributed by atoms with Crippen LogP contribution in [0.25, 0.3) is 0 Å². The molecule has 1 amide bonds. The van der Waals surface area contributed by atoms with Crippen LogP contribution in [0.5, 0.6) is 0 Å². The number of amides is 1. The predicted octanol–water partition coefficient (Wildman–Crippen LogP) is 2.43. The number of ketones is 1. The molecule has 1 heterocycles. The fraction of sp³-hybridized carbons (Fsp3) is 0.300. The SMILES string of the molecule is COC(=O)[C@H](NC(=O)c1ncccc1CC(=O)c1ccccc1)C(C)C. The number of benzene rings is 1. The third kappa shape index (κ3) is 4.75. The maximum absolute atomic E-state index is 12.6. The van der Waals surface area contributed by atoms with Crippen molar-refractivity contribution in [2.24, 2.45) is 5.92 Å². The van der Waals surface area contributed by atoms with Crippen LogP contribution in [0.1, 0.15) is 40.3 Å². The van der Waals surface area contributed by atoms with E-state index in [1.807, 2.05) is 6.07 Å². The molecule has 2 rings (SSSR count). The lowest BCUT2D eigenvalue weighted by Gasteiger charge is -2.20. The van der Waals surface area contributed by atoms with Gasteiger partial charge in [-0.1, -0.05) is 50.2 Å². The number of esters is 1. The van der Waals surface area contributed by atoms with Gasteiger partial charge in [0, 0.05) is 18.2 Å². The number of Topliss-reactive ketones (excluding diaryl/α,β-unsaturated/α-hetero) is 1. The zero-order valence-electron chi connectivity index (χ0n) is 15.1. The van der Waals surface area contributed by atoms with Gasteiger partial charge in [-0.05, 0) is 17.5 Å². The molecule has 0 saturated carbocycles. The first kappa shape index (κ1) is 19.3. The van der Waals surface area contributed by atoms with Crippen molar-refractivity contribution in [1.82, 2.24) is 10.3 Å². The van der Waals surface area contributed by atoms with E-state index in [1.54, 1.807) is 50.2 Å². The second kappa shape index (κ2) is 8.89. The van der Waals surface area contributed by atoms with Crippen LogP contribution in [0.3, 0.4) is 0 Å². The Hall–Kier alpha value is -3.02. The molecular formula is C20H22N2O4. The average molecular weight is 354 g/mol. The number of methoxy groups -OCH3 is 1. The van der Waals surface area contributed by atoms with Crippen LogP contribution in [0, 0.1) is 5.92 Å². The number of nitrogens with zero attached hydrogens (tertiary/aromatic N) is 1. The molecule has 0 saturated heterocycles. The fourth-order valence-electron chi connectivity index (χ4n) is 2.52. The first-order chi connectivity index (χ1) is 12.4. The van der Waals surface area contributed by atoms with E-state index in [0.717, 1.165) is 0 Å². The van der Waals surface area contributed by atoms with Crippen molar-refractivity contribution in [2.75, 3.05) is 7.11 Å². The lowest BCUT2D eigenvalue weighted by molar-refractivity contribution is -0.144. The zero-order chi connectivity index (χ0) is 19.1. The summed E-state index contributed by atoms with van der Waals surface area (Å²) >= 11 is 0. The van der Waals surface area contributed by atoms with Crippen molar-refractivity contribution in [3.63, 3.8) is 0 Å². The average Bonchev–Trinajstić information content (AvgIpc) is 2.66. The van der Waals surface area contributed by atoms with E-state index in [1.165, 1.54) is 13.3 Å². The highest BCUT2D eigenvalue weighted by atomic mass is 16.5. The van der Waals surface area contributed by atoms with Crippen molar-refractivity contribution >= 4 is 17.7 Å². The van der Waals surface area contributed by atoms with Gasteiger partial charge < -0.3 is 10.1 Å². The smallest absolute Gasteiger partial charge is 0.328 e. The second-order valence-corrected chi connectivity index (χ2v) is 6.20. The van der Waals surface area contributed by atoms with E-state index in [9.17, 15) is 14.4 Å². The minimum atomic E-state index is -0.785. The van der Waals surface area contributed by atoms with Gasteiger partial charge in [0.05, 0.1) is 7.11 Å². The molecule has 1 aromatic carbocycles. The summed E-state index contributed by atoms with van der Waals surface area (Å²) < 4.78 is 4.73. The first-order valence-electron chi connectivity index (χ1n) is 8.35. The third-order valence-corrected chi connectivity index (χ3v) is 3.96. The van der Waals surface area contributed by atoms with Gasteiger partial charge in [-0.2, -0.15) is 0 Å². The lowest BCUT2D eigenvalue weighted by atomic mass is 10.0. The molecule has 0 fully saturated rings. The van der Waals surface area contributed by atoms with Crippen molar-refractivity contribution < 1.29 is 19.1 Å². The normalized spacial score (nSPS) is 11.7. The fourth-order valence-corrected chi connectivity index (χ4v) is 2.52. The van der Waals surface area contributed by atoms with Crippen LogP contribution in [0.2, 0.25) is 0 Å². The number of carbonyl (C=O) groups is 3. The van der Waals surface area contributed by atoms with E-state index in [2.05, 4.69) is 10.3 Å². The molecule has 2 aromatic rings. The summed E-state index contributed by atoms with van der Waals surface area (Å²) in [5, 5.41) is 2.65. The molecule has 6 heteroatoms. The number of aromatic nitrogens is 1. The quantitative estimate of drug-likeness (QED) is 0.610. The summed E-state index contributed by atoms with van der Waals surface area (Å²) in [6, 6.07) is 11.4. The molecule has 1 atom stereocenters. The van der Waals surface area contributed by atoms with Crippen molar-refractivity contribution in [1.29, 1.82) is 0 Å². The Morgan fingerprint density at radius 1 is 1.08 bits per heavy atom. The third-order valence-electron chi connectivity index (χ3n) is 3.96. The number of rotatable bonds is 7. The van der Waals surface area contributed by atoms with Gasteiger partial charge >= 0.3 is 5.97 Å². The molecule has 0 unspecified atom stereocenters. The second-order valence-electron chi connectivity index (χ2n) is 6.20. The Labute approximate surface area is 152 Å². The molecule has 26 heavy (non-hydrogen) atoms. The Balaban J connectivity index is 2.21. The summed E-state index contributed by atoms with van der Waals surface area (Å²) in [6.45, 7) is 3.61. The summed E-state index contributed by atoms with van der Waals surface area (Å²) in [4.78, 5) is 41.0. The molecule has 0 spiro atoms. The van der Waals surface area contributed by atoms with E-state index >= 15 is 0 Å². The van der Waals surface area contributed by atoms with E-state index in [4.69, 9.17) is 4.74 Å². The Bertz CT molecular complexity index is 787. The number of nitrogens with one attached hydrogen (secondary N) is 1. The molecule has 0 bridgehead atoms. The predicted molar refractivity (Wildman–Crippen MR) is 96.8 cm³/mol. The summed E-state index contributed by atoms with van der Waals surface area (Å²) in [5.41, 5.74) is 1.20. The molecule has 136 valence electrons. The topological polar surface area (TPSA) is 85.4 Å². The van der Waals surface area contributed by atoms with Gasteiger partial charge in [0.25, 0.3) is 5.91 Å². The number of pyridine rings is 1. The van der Waals surface area contributed by atoms with Gasteiger partial charge in [0.2, 0.25) is 0 Å².